The lowest BCUT2D eigenvalue weighted by molar-refractivity contribution is 0.0977. The van der Waals surface area contributed by atoms with E-state index in [1.807, 2.05) is 0 Å². The van der Waals surface area contributed by atoms with Crippen LogP contribution in [0.15, 0.2) is 24.4 Å². The van der Waals surface area contributed by atoms with Gasteiger partial charge in [0.15, 0.2) is 0 Å². The van der Waals surface area contributed by atoms with Gasteiger partial charge in [-0.25, -0.2) is 22.5 Å². The third kappa shape index (κ3) is 3.96. The highest BCUT2D eigenvalue weighted by atomic mass is 35.5. The number of pyridine rings is 1. The fraction of sp³-hybridized carbons (Fsp3) is 0.250. The molecular formula is C16H13ClF2N2O3S. The van der Waals surface area contributed by atoms with Crippen molar-refractivity contribution in [3.8, 4) is 11.1 Å². The van der Waals surface area contributed by atoms with Crippen molar-refractivity contribution in [3.05, 3.63) is 52.3 Å². The number of nitrogens with one attached hydrogen (secondary N) is 1. The fourth-order valence-corrected chi connectivity index (χ4v) is 3.15. The first-order valence-electron chi connectivity index (χ1n) is 7.32. The van der Waals surface area contributed by atoms with E-state index in [1.165, 1.54) is 18.3 Å². The molecule has 1 aromatic heterocycles. The molecule has 0 bridgehead atoms. The van der Waals surface area contributed by atoms with Crippen LogP contribution in [0.1, 0.15) is 34.7 Å². The summed E-state index contributed by atoms with van der Waals surface area (Å²) in [4.78, 5) is 15.5. The summed E-state index contributed by atoms with van der Waals surface area (Å²) in [5.41, 5.74) is 1.18. The van der Waals surface area contributed by atoms with E-state index in [2.05, 4.69) is 4.98 Å². The summed E-state index contributed by atoms with van der Waals surface area (Å²) in [7, 11) is -3.81. The van der Waals surface area contributed by atoms with Gasteiger partial charge in [0.1, 0.15) is 5.82 Å². The molecule has 1 heterocycles. The molecule has 9 heteroatoms. The molecule has 1 amide bonds. The number of amides is 1. The van der Waals surface area contributed by atoms with E-state index in [0.29, 0.717) is 16.7 Å². The Balaban J connectivity index is 2.10. The van der Waals surface area contributed by atoms with Gasteiger partial charge in [0.05, 0.1) is 16.8 Å². The Morgan fingerprint density at radius 1 is 1.28 bits per heavy atom. The van der Waals surface area contributed by atoms with Gasteiger partial charge in [0.25, 0.3) is 5.91 Å². The van der Waals surface area contributed by atoms with Crippen LogP contribution in [0, 0.1) is 11.8 Å². The molecule has 1 N–H and O–H groups in total. The van der Waals surface area contributed by atoms with Gasteiger partial charge in [-0.1, -0.05) is 11.6 Å². The third-order valence-corrected chi connectivity index (χ3v) is 4.61. The average Bonchev–Trinajstić information content (AvgIpc) is 3.32. The number of hydrogen-bond donors (Lipinski definition) is 1. The standard InChI is InChI=1S/C16H13ClF2N2O3S/c1-25(23,24)21-16(22)12-5-10(8-2-3-8)11(6-14(12)18)9-4-13(17)15(19)20-7-9/h4-8H,2-3H2,1H3,(H,21,22). The maximum absolute atomic E-state index is 14.4. The van der Waals surface area contributed by atoms with Gasteiger partial charge in [0, 0.05) is 11.8 Å². The Bertz CT molecular complexity index is 976. The summed E-state index contributed by atoms with van der Waals surface area (Å²) in [5, 5.41) is -0.196. The van der Waals surface area contributed by atoms with Crippen LogP contribution in [0.5, 0.6) is 0 Å². The molecule has 0 aliphatic heterocycles. The van der Waals surface area contributed by atoms with Crippen molar-refractivity contribution < 1.29 is 22.0 Å². The van der Waals surface area contributed by atoms with Crippen LogP contribution < -0.4 is 4.72 Å². The fourth-order valence-electron chi connectivity index (χ4n) is 2.54. The van der Waals surface area contributed by atoms with Gasteiger partial charge < -0.3 is 0 Å². The molecular weight excluding hydrogens is 374 g/mol. The highest BCUT2D eigenvalue weighted by molar-refractivity contribution is 7.89. The lowest BCUT2D eigenvalue weighted by Crippen LogP contribution is -2.30. The van der Waals surface area contributed by atoms with Gasteiger partial charge in [-0.15, -0.1) is 0 Å². The SMILES string of the molecule is CS(=O)(=O)NC(=O)c1cc(C2CC2)c(-c2cnc(F)c(Cl)c2)cc1F. The summed E-state index contributed by atoms with van der Waals surface area (Å²) in [5.74, 6) is -2.64. The van der Waals surface area contributed by atoms with Crippen molar-refractivity contribution in [2.45, 2.75) is 18.8 Å². The molecule has 1 fully saturated rings. The van der Waals surface area contributed by atoms with Gasteiger partial charge >= 0.3 is 0 Å². The zero-order chi connectivity index (χ0) is 18.4. The largest absolute Gasteiger partial charge is 0.268 e. The molecule has 5 nitrogen and oxygen atoms in total. The third-order valence-electron chi connectivity index (χ3n) is 3.79. The molecule has 1 saturated carbocycles. The van der Waals surface area contributed by atoms with E-state index in [0.717, 1.165) is 25.2 Å². The van der Waals surface area contributed by atoms with E-state index in [9.17, 15) is 22.0 Å². The molecule has 0 saturated heterocycles. The van der Waals surface area contributed by atoms with Crippen LogP contribution in [0.3, 0.4) is 0 Å². The predicted octanol–water partition coefficient (Wildman–Crippen LogP) is 3.25. The van der Waals surface area contributed by atoms with Crippen LogP contribution in [-0.4, -0.2) is 25.6 Å². The van der Waals surface area contributed by atoms with Crippen molar-refractivity contribution in [1.29, 1.82) is 0 Å². The second-order valence-electron chi connectivity index (χ2n) is 5.89. The number of halogens is 3. The zero-order valence-corrected chi connectivity index (χ0v) is 14.6. The minimum Gasteiger partial charge on any atom is -0.268 e. The van der Waals surface area contributed by atoms with Gasteiger partial charge in [0.2, 0.25) is 16.0 Å². The number of carbonyl (C=O) groups excluding carboxylic acids is 1. The Kier molecular flexibility index (Phi) is 4.51. The monoisotopic (exact) mass is 386 g/mol. The van der Waals surface area contributed by atoms with E-state index >= 15 is 0 Å². The smallest absolute Gasteiger partial charge is 0.267 e. The van der Waals surface area contributed by atoms with Crippen molar-refractivity contribution in [1.82, 2.24) is 9.71 Å². The Labute approximate surface area is 148 Å². The molecule has 1 aliphatic carbocycles. The average molecular weight is 387 g/mol. The van der Waals surface area contributed by atoms with Crippen LogP contribution >= 0.6 is 11.6 Å². The van der Waals surface area contributed by atoms with Gasteiger partial charge in [-0.3, -0.25) is 4.79 Å². The Morgan fingerprint density at radius 2 is 1.96 bits per heavy atom. The summed E-state index contributed by atoms with van der Waals surface area (Å²) < 4.78 is 51.8. The number of aromatic nitrogens is 1. The van der Waals surface area contributed by atoms with Gasteiger partial charge in [-0.05, 0) is 48.1 Å². The molecule has 0 atom stereocenters. The summed E-state index contributed by atoms with van der Waals surface area (Å²) in [6.07, 6.45) is 3.76. The lowest BCUT2D eigenvalue weighted by Gasteiger charge is -2.13. The minimum absolute atomic E-state index is 0.115. The number of benzene rings is 1. The zero-order valence-electron chi connectivity index (χ0n) is 13.0. The quantitative estimate of drug-likeness (QED) is 0.818. The molecule has 25 heavy (non-hydrogen) atoms. The molecule has 1 aliphatic rings. The number of rotatable bonds is 4. The molecule has 1 aromatic carbocycles. The first kappa shape index (κ1) is 17.8. The molecule has 3 rings (SSSR count). The first-order chi connectivity index (χ1) is 11.7. The lowest BCUT2D eigenvalue weighted by atomic mass is 9.95. The molecule has 132 valence electrons. The van der Waals surface area contributed by atoms with Crippen LogP contribution in [0.25, 0.3) is 11.1 Å². The van der Waals surface area contributed by atoms with Crippen LogP contribution in [0.2, 0.25) is 5.02 Å². The van der Waals surface area contributed by atoms with Crippen molar-refractivity contribution in [3.63, 3.8) is 0 Å². The van der Waals surface area contributed by atoms with E-state index in [1.54, 1.807) is 4.72 Å². The van der Waals surface area contributed by atoms with Crippen LogP contribution in [-0.2, 0) is 10.0 Å². The van der Waals surface area contributed by atoms with E-state index in [4.69, 9.17) is 11.6 Å². The number of hydrogen-bond acceptors (Lipinski definition) is 4. The molecule has 0 unspecified atom stereocenters. The Hall–Kier alpha value is -2.06. The topological polar surface area (TPSA) is 76.1 Å². The van der Waals surface area contributed by atoms with Crippen molar-refractivity contribution in [2.75, 3.05) is 6.26 Å². The highest BCUT2D eigenvalue weighted by Crippen LogP contribution is 2.45. The second kappa shape index (κ2) is 6.34. The predicted molar refractivity (Wildman–Crippen MR) is 88.9 cm³/mol. The number of sulfonamides is 1. The highest BCUT2D eigenvalue weighted by Gasteiger charge is 2.29. The summed E-state index contributed by atoms with van der Waals surface area (Å²) in [6.45, 7) is 0. The first-order valence-corrected chi connectivity index (χ1v) is 9.59. The van der Waals surface area contributed by atoms with Crippen molar-refractivity contribution in [2.24, 2.45) is 0 Å². The maximum Gasteiger partial charge on any atom is 0.267 e. The van der Waals surface area contributed by atoms with Gasteiger partial charge in [-0.2, -0.15) is 4.39 Å². The van der Waals surface area contributed by atoms with E-state index < -0.39 is 27.7 Å². The normalized spacial score (nSPS) is 14.4. The van der Waals surface area contributed by atoms with Crippen LogP contribution in [0.4, 0.5) is 8.78 Å². The summed E-state index contributed by atoms with van der Waals surface area (Å²) in [6, 6.07) is 3.79. The molecule has 2 aromatic rings. The number of carbonyl (C=O) groups is 1. The van der Waals surface area contributed by atoms with E-state index in [-0.39, 0.29) is 16.5 Å². The number of nitrogens with zero attached hydrogens (tertiary/aromatic N) is 1. The molecule has 0 radical (unpaired) electrons. The second-order valence-corrected chi connectivity index (χ2v) is 8.05. The van der Waals surface area contributed by atoms with Crippen molar-refractivity contribution >= 4 is 27.5 Å². The maximum atomic E-state index is 14.4. The molecule has 0 spiro atoms. The Morgan fingerprint density at radius 3 is 2.52 bits per heavy atom. The summed E-state index contributed by atoms with van der Waals surface area (Å²) >= 11 is 5.74. The minimum atomic E-state index is -3.81.